The smallest absolute Gasteiger partial charge is 0.308 e. The van der Waals surface area contributed by atoms with Crippen LogP contribution in [0.1, 0.15) is 43.5 Å². The van der Waals surface area contributed by atoms with Crippen LogP contribution in [0.3, 0.4) is 0 Å². The standard InChI is InChI=1S/C22H23NO5/c1-14(24)23-10-9-18-12-21(27-15(2)25)22(28-16(3)26)13-19(18)20(23)11-17-7-5-4-6-8-17/h4-8,12-13,20H,9-11H2,1-3H3. The fraction of sp³-hybridized carbons (Fsp3) is 0.318. The van der Waals surface area contributed by atoms with E-state index in [9.17, 15) is 14.4 Å². The predicted octanol–water partition coefficient (Wildman–Crippen LogP) is 3.23. The van der Waals surface area contributed by atoms with E-state index in [1.165, 1.54) is 13.8 Å². The molecule has 6 heteroatoms. The van der Waals surface area contributed by atoms with Gasteiger partial charge < -0.3 is 14.4 Å². The summed E-state index contributed by atoms with van der Waals surface area (Å²) in [6, 6.07) is 13.2. The molecule has 1 atom stereocenters. The fourth-order valence-corrected chi connectivity index (χ4v) is 3.61. The van der Waals surface area contributed by atoms with Crippen LogP contribution in [0.4, 0.5) is 0 Å². The number of nitrogens with zero attached hydrogens (tertiary/aromatic N) is 1. The monoisotopic (exact) mass is 381 g/mol. The zero-order chi connectivity index (χ0) is 20.3. The van der Waals surface area contributed by atoms with Gasteiger partial charge in [-0.25, -0.2) is 0 Å². The molecule has 0 fully saturated rings. The van der Waals surface area contributed by atoms with E-state index in [4.69, 9.17) is 9.47 Å². The van der Waals surface area contributed by atoms with Crippen LogP contribution in [0, 0.1) is 0 Å². The van der Waals surface area contributed by atoms with Crippen molar-refractivity contribution in [3.63, 3.8) is 0 Å². The number of carbonyl (C=O) groups is 3. The van der Waals surface area contributed by atoms with Crippen LogP contribution >= 0.6 is 0 Å². The third kappa shape index (κ3) is 4.39. The van der Waals surface area contributed by atoms with E-state index >= 15 is 0 Å². The Bertz CT molecular complexity index is 907. The fourth-order valence-electron chi connectivity index (χ4n) is 3.61. The van der Waals surface area contributed by atoms with Crippen molar-refractivity contribution in [2.24, 2.45) is 0 Å². The molecule has 0 spiro atoms. The topological polar surface area (TPSA) is 72.9 Å². The summed E-state index contributed by atoms with van der Waals surface area (Å²) >= 11 is 0. The van der Waals surface area contributed by atoms with Crippen LogP contribution in [0.5, 0.6) is 11.5 Å². The molecule has 3 rings (SSSR count). The van der Waals surface area contributed by atoms with E-state index in [0.717, 1.165) is 16.7 Å². The van der Waals surface area contributed by atoms with Crippen LogP contribution in [0.15, 0.2) is 42.5 Å². The van der Waals surface area contributed by atoms with Crippen LogP contribution in [-0.2, 0) is 27.2 Å². The number of rotatable bonds is 4. The lowest BCUT2D eigenvalue weighted by Gasteiger charge is -2.37. The first-order valence-electron chi connectivity index (χ1n) is 9.20. The molecule has 1 heterocycles. The average molecular weight is 381 g/mol. The molecule has 6 nitrogen and oxygen atoms in total. The summed E-state index contributed by atoms with van der Waals surface area (Å²) in [6.07, 6.45) is 1.27. The Hall–Kier alpha value is -3.15. The lowest BCUT2D eigenvalue weighted by atomic mass is 9.88. The molecule has 1 amide bonds. The van der Waals surface area contributed by atoms with Gasteiger partial charge in [-0.1, -0.05) is 30.3 Å². The Kier molecular flexibility index (Phi) is 5.78. The first-order valence-corrected chi connectivity index (χ1v) is 9.20. The molecule has 0 saturated carbocycles. The molecule has 0 aromatic heterocycles. The average Bonchev–Trinajstić information content (AvgIpc) is 2.62. The molecule has 1 unspecified atom stereocenters. The maximum atomic E-state index is 12.3. The zero-order valence-electron chi connectivity index (χ0n) is 16.2. The molecule has 1 aliphatic heterocycles. The molecule has 28 heavy (non-hydrogen) atoms. The highest BCUT2D eigenvalue weighted by molar-refractivity contribution is 5.76. The van der Waals surface area contributed by atoms with Gasteiger partial charge in [0.2, 0.25) is 5.91 Å². The maximum absolute atomic E-state index is 12.3. The molecule has 0 aliphatic carbocycles. The van der Waals surface area contributed by atoms with E-state index in [1.807, 2.05) is 35.2 Å². The molecule has 2 aromatic rings. The largest absolute Gasteiger partial charge is 0.423 e. The third-order valence-corrected chi connectivity index (χ3v) is 4.75. The molecular weight excluding hydrogens is 358 g/mol. The van der Waals surface area contributed by atoms with Gasteiger partial charge in [-0.2, -0.15) is 0 Å². The molecule has 2 aromatic carbocycles. The lowest BCUT2D eigenvalue weighted by molar-refractivity contribution is -0.134. The summed E-state index contributed by atoms with van der Waals surface area (Å²) in [6.45, 7) is 4.72. The summed E-state index contributed by atoms with van der Waals surface area (Å²) in [5.41, 5.74) is 2.98. The lowest BCUT2D eigenvalue weighted by Crippen LogP contribution is -2.39. The van der Waals surface area contributed by atoms with Crippen LogP contribution in [0.25, 0.3) is 0 Å². The number of ether oxygens (including phenoxy) is 2. The second-order valence-electron chi connectivity index (χ2n) is 6.85. The van der Waals surface area contributed by atoms with Gasteiger partial charge >= 0.3 is 11.9 Å². The Morgan fingerprint density at radius 3 is 2.14 bits per heavy atom. The number of fused-ring (bicyclic) bond motifs is 1. The van der Waals surface area contributed by atoms with Crippen molar-refractivity contribution in [3.8, 4) is 11.5 Å². The first kappa shape index (κ1) is 19.6. The first-order chi connectivity index (χ1) is 13.3. The van der Waals surface area contributed by atoms with E-state index in [0.29, 0.717) is 19.4 Å². The molecule has 0 radical (unpaired) electrons. The Morgan fingerprint density at radius 1 is 0.964 bits per heavy atom. The summed E-state index contributed by atoms with van der Waals surface area (Å²) < 4.78 is 10.5. The summed E-state index contributed by atoms with van der Waals surface area (Å²) in [5, 5.41) is 0. The predicted molar refractivity (Wildman–Crippen MR) is 103 cm³/mol. The van der Waals surface area contributed by atoms with Crippen molar-refractivity contribution in [2.75, 3.05) is 6.54 Å². The van der Waals surface area contributed by atoms with Crippen molar-refractivity contribution in [3.05, 3.63) is 59.2 Å². The highest BCUT2D eigenvalue weighted by Crippen LogP contribution is 2.40. The number of hydrogen-bond donors (Lipinski definition) is 0. The molecule has 146 valence electrons. The van der Waals surface area contributed by atoms with Gasteiger partial charge in [0.05, 0.1) is 6.04 Å². The maximum Gasteiger partial charge on any atom is 0.308 e. The summed E-state index contributed by atoms with van der Waals surface area (Å²) in [5.74, 6) is -0.603. The van der Waals surface area contributed by atoms with Crippen molar-refractivity contribution < 1.29 is 23.9 Å². The summed E-state index contributed by atoms with van der Waals surface area (Å²) in [7, 11) is 0. The highest BCUT2D eigenvalue weighted by Gasteiger charge is 2.31. The van der Waals surface area contributed by atoms with Gasteiger partial charge in [-0.3, -0.25) is 14.4 Å². The minimum atomic E-state index is -0.507. The molecule has 0 saturated heterocycles. The SMILES string of the molecule is CC(=O)Oc1cc2c(cc1OC(C)=O)C(Cc1ccccc1)N(C(C)=O)CC2. The van der Waals surface area contributed by atoms with Crippen molar-refractivity contribution in [2.45, 2.75) is 39.7 Å². The molecule has 1 aliphatic rings. The van der Waals surface area contributed by atoms with Gasteiger partial charge in [-0.15, -0.1) is 0 Å². The van der Waals surface area contributed by atoms with Gasteiger partial charge in [-0.05, 0) is 41.7 Å². The van der Waals surface area contributed by atoms with Crippen LogP contribution < -0.4 is 9.47 Å². The third-order valence-electron chi connectivity index (χ3n) is 4.75. The van der Waals surface area contributed by atoms with Gasteiger partial charge in [0.15, 0.2) is 11.5 Å². The Balaban J connectivity index is 2.07. The van der Waals surface area contributed by atoms with Crippen molar-refractivity contribution in [1.82, 2.24) is 4.90 Å². The number of hydrogen-bond acceptors (Lipinski definition) is 5. The van der Waals surface area contributed by atoms with Crippen molar-refractivity contribution in [1.29, 1.82) is 0 Å². The van der Waals surface area contributed by atoms with E-state index in [2.05, 4.69) is 0 Å². The highest BCUT2D eigenvalue weighted by atomic mass is 16.6. The molecule has 0 N–H and O–H groups in total. The number of esters is 2. The van der Waals surface area contributed by atoms with Crippen LogP contribution in [0.2, 0.25) is 0 Å². The number of amides is 1. The Morgan fingerprint density at radius 2 is 1.57 bits per heavy atom. The second-order valence-corrected chi connectivity index (χ2v) is 6.85. The second kappa shape index (κ2) is 8.25. The quantitative estimate of drug-likeness (QED) is 0.601. The minimum Gasteiger partial charge on any atom is -0.423 e. The number of benzene rings is 2. The van der Waals surface area contributed by atoms with Gasteiger partial charge in [0, 0.05) is 27.3 Å². The normalized spacial score (nSPS) is 15.5. The van der Waals surface area contributed by atoms with Crippen molar-refractivity contribution >= 4 is 17.8 Å². The van der Waals surface area contributed by atoms with E-state index in [-0.39, 0.29) is 23.4 Å². The number of carbonyl (C=O) groups excluding carboxylic acids is 3. The van der Waals surface area contributed by atoms with Gasteiger partial charge in [0.25, 0.3) is 0 Å². The minimum absolute atomic E-state index is 0.00956. The molecular formula is C22H23NO5. The zero-order valence-corrected chi connectivity index (χ0v) is 16.2. The summed E-state index contributed by atoms with van der Waals surface area (Å²) in [4.78, 5) is 37.1. The van der Waals surface area contributed by atoms with Gasteiger partial charge in [0.1, 0.15) is 0 Å². The van der Waals surface area contributed by atoms with E-state index < -0.39 is 11.9 Å². The van der Waals surface area contributed by atoms with Crippen LogP contribution in [-0.4, -0.2) is 29.3 Å². The Labute approximate surface area is 164 Å². The van der Waals surface area contributed by atoms with E-state index in [1.54, 1.807) is 19.1 Å². The molecule has 0 bridgehead atoms.